The van der Waals surface area contributed by atoms with Gasteiger partial charge in [-0.3, -0.25) is 9.59 Å². The number of hydrogen-bond donors (Lipinski definition) is 2. The van der Waals surface area contributed by atoms with E-state index in [9.17, 15) is 9.59 Å². The maximum atomic E-state index is 12.5. The van der Waals surface area contributed by atoms with E-state index in [2.05, 4.69) is 17.6 Å². The van der Waals surface area contributed by atoms with E-state index in [1.165, 1.54) is 0 Å². The standard InChI is InChI=1S/C17H24N2O2/c1-4-11-18-15(20)17(9-10-17)16(21)19-14-12(3)7-6-8-13(14)5-2/h6-8H,4-5,9-11H2,1-3H3,(H,18,20)(H,19,21). The summed E-state index contributed by atoms with van der Waals surface area (Å²) in [5, 5.41) is 5.84. The molecule has 1 aliphatic carbocycles. The minimum absolute atomic E-state index is 0.131. The van der Waals surface area contributed by atoms with Crippen LogP contribution in [0.1, 0.15) is 44.2 Å². The Hall–Kier alpha value is -1.84. The third-order valence-electron chi connectivity index (χ3n) is 4.13. The van der Waals surface area contributed by atoms with Crippen LogP contribution < -0.4 is 10.6 Å². The zero-order valence-electron chi connectivity index (χ0n) is 13.1. The van der Waals surface area contributed by atoms with Crippen LogP contribution in [0.5, 0.6) is 0 Å². The van der Waals surface area contributed by atoms with Crippen LogP contribution in [0.15, 0.2) is 18.2 Å². The van der Waals surface area contributed by atoms with Gasteiger partial charge in [-0.05, 0) is 43.7 Å². The molecule has 2 N–H and O–H groups in total. The molecule has 0 aliphatic heterocycles. The van der Waals surface area contributed by atoms with Gasteiger partial charge >= 0.3 is 0 Å². The number of carbonyl (C=O) groups excluding carboxylic acids is 2. The average Bonchev–Trinajstić information content (AvgIpc) is 3.28. The second kappa shape index (κ2) is 6.29. The SMILES string of the molecule is CCCNC(=O)C1(C(=O)Nc2c(C)cccc2CC)CC1. The number of amides is 2. The molecule has 1 saturated carbocycles. The molecule has 0 bridgehead atoms. The fraction of sp³-hybridized carbons (Fsp3) is 0.529. The first kappa shape index (κ1) is 15.5. The Bertz CT molecular complexity index is 548. The van der Waals surface area contributed by atoms with Gasteiger partial charge in [0.15, 0.2) is 0 Å². The molecule has 0 unspecified atom stereocenters. The van der Waals surface area contributed by atoms with Gasteiger partial charge in [0.25, 0.3) is 0 Å². The van der Waals surface area contributed by atoms with Crippen molar-refractivity contribution in [2.45, 2.75) is 46.5 Å². The first-order valence-corrected chi connectivity index (χ1v) is 7.73. The van der Waals surface area contributed by atoms with E-state index >= 15 is 0 Å². The number of aryl methyl sites for hydroxylation is 2. The van der Waals surface area contributed by atoms with Crippen LogP contribution in [0.2, 0.25) is 0 Å². The molecule has 0 spiro atoms. The number of para-hydroxylation sites is 1. The molecular weight excluding hydrogens is 264 g/mol. The minimum Gasteiger partial charge on any atom is -0.355 e. The van der Waals surface area contributed by atoms with Crippen molar-refractivity contribution in [1.29, 1.82) is 0 Å². The second-order valence-electron chi connectivity index (χ2n) is 5.75. The van der Waals surface area contributed by atoms with Crippen molar-refractivity contribution in [3.8, 4) is 0 Å². The van der Waals surface area contributed by atoms with Crippen LogP contribution in [0.3, 0.4) is 0 Å². The van der Waals surface area contributed by atoms with E-state index in [4.69, 9.17) is 0 Å². The van der Waals surface area contributed by atoms with E-state index in [1.807, 2.05) is 32.0 Å². The molecule has 1 aromatic rings. The highest BCUT2D eigenvalue weighted by Crippen LogP contribution is 2.47. The van der Waals surface area contributed by atoms with Crippen molar-refractivity contribution in [2.75, 3.05) is 11.9 Å². The molecule has 4 heteroatoms. The van der Waals surface area contributed by atoms with E-state index in [1.54, 1.807) is 0 Å². The molecule has 0 saturated heterocycles. The molecule has 1 aliphatic rings. The Balaban J connectivity index is 2.14. The molecule has 0 radical (unpaired) electrons. The number of rotatable bonds is 6. The summed E-state index contributed by atoms with van der Waals surface area (Å²) in [5.41, 5.74) is 2.16. The summed E-state index contributed by atoms with van der Waals surface area (Å²) in [5.74, 6) is -0.298. The van der Waals surface area contributed by atoms with Gasteiger partial charge in [0.05, 0.1) is 0 Å². The summed E-state index contributed by atoms with van der Waals surface area (Å²) < 4.78 is 0. The van der Waals surface area contributed by atoms with Gasteiger partial charge < -0.3 is 10.6 Å². The normalized spacial score (nSPS) is 15.4. The Morgan fingerprint density at radius 2 is 1.90 bits per heavy atom. The van der Waals surface area contributed by atoms with Crippen molar-refractivity contribution in [3.63, 3.8) is 0 Å². The Kier molecular flexibility index (Phi) is 4.66. The summed E-state index contributed by atoms with van der Waals surface area (Å²) in [6.07, 6.45) is 3.01. The fourth-order valence-corrected chi connectivity index (χ4v) is 2.53. The van der Waals surface area contributed by atoms with Crippen LogP contribution in [-0.4, -0.2) is 18.4 Å². The molecular formula is C17H24N2O2. The van der Waals surface area contributed by atoms with Gasteiger partial charge in [0.2, 0.25) is 11.8 Å². The van der Waals surface area contributed by atoms with Crippen molar-refractivity contribution in [3.05, 3.63) is 29.3 Å². The Morgan fingerprint density at radius 3 is 2.48 bits per heavy atom. The molecule has 1 aromatic carbocycles. The summed E-state index contributed by atoms with van der Waals surface area (Å²) in [6.45, 7) is 6.66. The highest BCUT2D eigenvalue weighted by molar-refractivity contribution is 6.13. The monoisotopic (exact) mass is 288 g/mol. The second-order valence-corrected chi connectivity index (χ2v) is 5.75. The van der Waals surface area contributed by atoms with Gasteiger partial charge in [-0.1, -0.05) is 32.0 Å². The highest BCUT2D eigenvalue weighted by atomic mass is 16.2. The van der Waals surface area contributed by atoms with Crippen LogP contribution >= 0.6 is 0 Å². The maximum Gasteiger partial charge on any atom is 0.240 e. The van der Waals surface area contributed by atoms with E-state index in [-0.39, 0.29) is 11.8 Å². The number of carbonyl (C=O) groups is 2. The van der Waals surface area contributed by atoms with Crippen molar-refractivity contribution in [1.82, 2.24) is 5.32 Å². The highest BCUT2D eigenvalue weighted by Gasteiger charge is 2.56. The quantitative estimate of drug-likeness (QED) is 0.791. The first-order chi connectivity index (χ1) is 10.0. The molecule has 0 atom stereocenters. The minimum atomic E-state index is -0.845. The summed E-state index contributed by atoms with van der Waals surface area (Å²) in [6, 6.07) is 5.98. The lowest BCUT2D eigenvalue weighted by molar-refractivity contribution is -0.134. The van der Waals surface area contributed by atoms with Crippen molar-refractivity contribution >= 4 is 17.5 Å². The summed E-state index contributed by atoms with van der Waals surface area (Å²) in [4.78, 5) is 24.7. The van der Waals surface area contributed by atoms with E-state index in [0.717, 1.165) is 29.7 Å². The van der Waals surface area contributed by atoms with E-state index < -0.39 is 5.41 Å². The van der Waals surface area contributed by atoms with Crippen LogP contribution in [0.25, 0.3) is 0 Å². The third-order valence-corrected chi connectivity index (χ3v) is 4.13. The largest absolute Gasteiger partial charge is 0.355 e. The molecule has 2 rings (SSSR count). The van der Waals surface area contributed by atoms with Gasteiger partial charge in [0, 0.05) is 12.2 Å². The lowest BCUT2D eigenvalue weighted by Gasteiger charge is -2.18. The summed E-state index contributed by atoms with van der Waals surface area (Å²) >= 11 is 0. The van der Waals surface area contributed by atoms with Crippen molar-refractivity contribution in [2.24, 2.45) is 5.41 Å². The van der Waals surface area contributed by atoms with Gasteiger partial charge in [-0.2, -0.15) is 0 Å². The average molecular weight is 288 g/mol. The molecule has 2 amide bonds. The van der Waals surface area contributed by atoms with Gasteiger partial charge in [-0.15, -0.1) is 0 Å². The Labute approximate surface area is 126 Å². The Morgan fingerprint density at radius 1 is 1.19 bits per heavy atom. The van der Waals surface area contributed by atoms with E-state index in [0.29, 0.717) is 19.4 Å². The van der Waals surface area contributed by atoms with Gasteiger partial charge in [-0.25, -0.2) is 0 Å². The van der Waals surface area contributed by atoms with Crippen LogP contribution in [-0.2, 0) is 16.0 Å². The summed E-state index contributed by atoms with van der Waals surface area (Å²) in [7, 11) is 0. The number of benzene rings is 1. The molecule has 4 nitrogen and oxygen atoms in total. The molecule has 114 valence electrons. The third kappa shape index (κ3) is 3.09. The van der Waals surface area contributed by atoms with Crippen molar-refractivity contribution < 1.29 is 9.59 Å². The number of nitrogens with one attached hydrogen (secondary N) is 2. The molecule has 0 aromatic heterocycles. The number of anilines is 1. The zero-order valence-corrected chi connectivity index (χ0v) is 13.1. The smallest absolute Gasteiger partial charge is 0.240 e. The molecule has 1 fully saturated rings. The predicted octanol–water partition coefficient (Wildman–Crippen LogP) is 2.80. The maximum absolute atomic E-state index is 12.5. The lowest BCUT2D eigenvalue weighted by Crippen LogP contribution is -2.40. The van der Waals surface area contributed by atoms with Crippen LogP contribution in [0.4, 0.5) is 5.69 Å². The van der Waals surface area contributed by atoms with Gasteiger partial charge in [0.1, 0.15) is 5.41 Å². The fourth-order valence-electron chi connectivity index (χ4n) is 2.53. The molecule has 0 heterocycles. The first-order valence-electron chi connectivity index (χ1n) is 7.73. The zero-order chi connectivity index (χ0) is 15.5. The number of hydrogen-bond acceptors (Lipinski definition) is 2. The van der Waals surface area contributed by atoms with Crippen LogP contribution in [0, 0.1) is 12.3 Å². The lowest BCUT2D eigenvalue weighted by atomic mass is 10.0. The topological polar surface area (TPSA) is 58.2 Å². The predicted molar refractivity (Wildman–Crippen MR) is 84.2 cm³/mol. The molecule has 21 heavy (non-hydrogen) atoms.